The maximum absolute atomic E-state index is 9.46. The third-order valence-electron chi connectivity index (χ3n) is 4.80. The van der Waals surface area contributed by atoms with Crippen LogP contribution >= 0.6 is 0 Å². The number of rotatable bonds is 2. The Balaban J connectivity index is 1.88. The Labute approximate surface area is 125 Å². The van der Waals surface area contributed by atoms with Crippen LogP contribution in [-0.2, 0) is 0 Å². The van der Waals surface area contributed by atoms with E-state index in [1.165, 1.54) is 19.3 Å². The van der Waals surface area contributed by atoms with E-state index in [4.69, 9.17) is 16.6 Å². The van der Waals surface area contributed by atoms with Gasteiger partial charge in [-0.25, -0.2) is 4.68 Å². The predicted octanol–water partition coefficient (Wildman–Crippen LogP) is 1.77. The Morgan fingerprint density at radius 1 is 1.10 bits per heavy atom. The van der Waals surface area contributed by atoms with Crippen molar-refractivity contribution in [2.75, 3.05) is 23.7 Å². The Morgan fingerprint density at radius 2 is 1.76 bits per heavy atom. The van der Waals surface area contributed by atoms with E-state index in [0.717, 1.165) is 44.6 Å². The van der Waals surface area contributed by atoms with E-state index in [2.05, 4.69) is 11.0 Å². The zero-order valence-electron chi connectivity index (χ0n) is 12.5. The van der Waals surface area contributed by atoms with Gasteiger partial charge in [-0.05, 0) is 25.7 Å². The molecular weight excluding hydrogens is 264 g/mol. The number of hydrogen-bond donors (Lipinski definition) is 2. The SMILES string of the molecule is N#Cc1c(N2CCC(N)CC2)nn(C2CCCCC2)c1N. The largest absolute Gasteiger partial charge is 0.383 e. The highest BCUT2D eigenvalue weighted by atomic mass is 15.4. The van der Waals surface area contributed by atoms with E-state index in [1.54, 1.807) is 0 Å². The van der Waals surface area contributed by atoms with E-state index >= 15 is 0 Å². The molecule has 4 N–H and O–H groups in total. The van der Waals surface area contributed by atoms with E-state index in [0.29, 0.717) is 17.4 Å². The van der Waals surface area contributed by atoms with Crippen LogP contribution in [0.2, 0.25) is 0 Å². The van der Waals surface area contributed by atoms with Crippen LogP contribution in [0.4, 0.5) is 11.6 Å². The Morgan fingerprint density at radius 3 is 2.38 bits per heavy atom. The predicted molar refractivity (Wildman–Crippen MR) is 82.9 cm³/mol. The minimum Gasteiger partial charge on any atom is -0.383 e. The molecule has 1 saturated carbocycles. The van der Waals surface area contributed by atoms with Crippen molar-refractivity contribution in [3.8, 4) is 6.07 Å². The summed E-state index contributed by atoms with van der Waals surface area (Å²) < 4.78 is 1.90. The number of nitrogens with two attached hydrogens (primary N) is 2. The van der Waals surface area contributed by atoms with Crippen LogP contribution in [0.1, 0.15) is 56.6 Å². The van der Waals surface area contributed by atoms with Gasteiger partial charge in [0.25, 0.3) is 0 Å². The van der Waals surface area contributed by atoms with Crippen LogP contribution in [-0.4, -0.2) is 28.9 Å². The average molecular weight is 288 g/mol. The second-order valence-corrected chi connectivity index (χ2v) is 6.26. The zero-order chi connectivity index (χ0) is 14.8. The molecule has 6 heteroatoms. The van der Waals surface area contributed by atoms with Crippen LogP contribution in [0.5, 0.6) is 0 Å². The van der Waals surface area contributed by atoms with Crippen molar-refractivity contribution in [1.29, 1.82) is 5.26 Å². The molecule has 0 radical (unpaired) electrons. The molecule has 1 aliphatic heterocycles. The molecule has 1 saturated heterocycles. The molecule has 2 fully saturated rings. The van der Waals surface area contributed by atoms with Crippen LogP contribution in [0.15, 0.2) is 0 Å². The third-order valence-corrected chi connectivity index (χ3v) is 4.80. The van der Waals surface area contributed by atoms with Gasteiger partial charge in [0, 0.05) is 19.1 Å². The lowest BCUT2D eigenvalue weighted by molar-refractivity contribution is 0.333. The summed E-state index contributed by atoms with van der Waals surface area (Å²) in [7, 11) is 0. The first kappa shape index (κ1) is 14.2. The quantitative estimate of drug-likeness (QED) is 0.864. The molecule has 0 aromatic carbocycles. The first-order valence-electron chi connectivity index (χ1n) is 7.99. The molecule has 1 aromatic heterocycles. The second-order valence-electron chi connectivity index (χ2n) is 6.26. The van der Waals surface area contributed by atoms with Crippen LogP contribution < -0.4 is 16.4 Å². The van der Waals surface area contributed by atoms with Gasteiger partial charge in [0.1, 0.15) is 17.5 Å². The number of aromatic nitrogens is 2. The highest BCUT2D eigenvalue weighted by Crippen LogP contribution is 2.34. The maximum Gasteiger partial charge on any atom is 0.170 e. The molecule has 0 unspecified atom stereocenters. The van der Waals surface area contributed by atoms with Gasteiger partial charge in [-0.2, -0.15) is 10.4 Å². The molecule has 114 valence electrons. The second kappa shape index (κ2) is 5.94. The first-order valence-corrected chi connectivity index (χ1v) is 7.99. The van der Waals surface area contributed by atoms with Gasteiger partial charge in [0.05, 0.1) is 6.04 Å². The number of nitriles is 1. The van der Waals surface area contributed by atoms with Crippen molar-refractivity contribution in [3.05, 3.63) is 5.56 Å². The summed E-state index contributed by atoms with van der Waals surface area (Å²) >= 11 is 0. The molecule has 1 aromatic rings. The van der Waals surface area contributed by atoms with Crippen molar-refractivity contribution in [3.63, 3.8) is 0 Å². The number of piperidine rings is 1. The van der Waals surface area contributed by atoms with Gasteiger partial charge >= 0.3 is 0 Å². The van der Waals surface area contributed by atoms with Crippen molar-refractivity contribution < 1.29 is 0 Å². The van der Waals surface area contributed by atoms with Crippen LogP contribution in [0.25, 0.3) is 0 Å². The lowest BCUT2D eigenvalue weighted by atomic mass is 9.96. The third kappa shape index (κ3) is 2.70. The summed E-state index contributed by atoms with van der Waals surface area (Å²) in [5.74, 6) is 1.29. The fraction of sp³-hybridized carbons (Fsp3) is 0.733. The molecule has 0 bridgehead atoms. The van der Waals surface area contributed by atoms with Crippen molar-refractivity contribution in [2.24, 2.45) is 5.73 Å². The Hall–Kier alpha value is -1.74. The number of nitrogen functional groups attached to an aromatic ring is 1. The normalized spacial score (nSPS) is 21.4. The highest BCUT2D eigenvalue weighted by molar-refractivity contribution is 5.65. The van der Waals surface area contributed by atoms with Crippen LogP contribution in [0.3, 0.4) is 0 Å². The monoisotopic (exact) mass is 288 g/mol. The molecule has 1 aliphatic carbocycles. The molecule has 2 heterocycles. The van der Waals surface area contributed by atoms with Crippen molar-refractivity contribution in [1.82, 2.24) is 9.78 Å². The first-order chi connectivity index (χ1) is 10.2. The molecule has 0 amide bonds. The summed E-state index contributed by atoms with van der Waals surface area (Å²) in [5, 5.41) is 14.2. The molecular formula is C15H24N6. The van der Waals surface area contributed by atoms with E-state index < -0.39 is 0 Å². The smallest absolute Gasteiger partial charge is 0.170 e. The van der Waals surface area contributed by atoms with Crippen molar-refractivity contribution in [2.45, 2.75) is 57.0 Å². The lowest BCUT2D eigenvalue weighted by Gasteiger charge is -2.30. The minimum absolute atomic E-state index is 0.268. The van der Waals surface area contributed by atoms with Gasteiger partial charge in [-0.3, -0.25) is 0 Å². The summed E-state index contributed by atoms with van der Waals surface area (Å²) in [5.41, 5.74) is 12.7. The number of hydrogen-bond acceptors (Lipinski definition) is 5. The molecule has 21 heavy (non-hydrogen) atoms. The van der Waals surface area contributed by atoms with Gasteiger partial charge in [-0.1, -0.05) is 19.3 Å². The molecule has 2 aliphatic rings. The molecule has 6 nitrogen and oxygen atoms in total. The Kier molecular flexibility index (Phi) is 4.02. The van der Waals surface area contributed by atoms with E-state index in [-0.39, 0.29) is 6.04 Å². The van der Waals surface area contributed by atoms with E-state index in [9.17, 15) is 5.26 Å². The van der Waals surface area contributed by atoms with Crippen molar-refractivity contribution >= 4 is 11.6 Å². The fourth-order valence-corrected chi connectivity index (χ4v) is 3.48. The highest BCUT2D eigenvalue weighted by Gasteiger charge is 2.27. The lowest BCUT2D eigenvalue weighted by Crippen LogP contribution is -2.40. The molecule has 0 atom stereocenters. The van der Waals surface area contributed by atoms with E-state index in [1.807, 2.05) is 4.68 Å². The topological polar surface area (TPSA) is 96.9 Å². The maximum atomic E-state index is 9.46. The number of anilines is 2. The summed E-state index contributed by atoms with van der Waals surface area (Å²) in [6.45, 7) is 1.72. The number of nitrogens with zero attached hydrogens (tertiary/aromatic N) is 4. The van der Waals surface area contributed by atoms with Gasteiger partial charge in [0.2, 0.25) is 0 Å². The molecule has 0 spiro atoms. The van der Waals surface area contributed by atoms with Crippen LogP contribution in [0, 0.1) is 11.3 Å². The Bertz CT molecular complexity index is 529. The standard InChI is InChI=1S/C15H24N6/c16-10-13-14(18)21(12-4-2-1-3-5-12)19-15(13)20-8-6-11(17)7-9-20/h11-12H,1-9,17-18H2. The average Bonchev–Trinajstić information content (AvgIpc) is 2.85. The fourth-order valence-electron chi connectivity index (χ4n) is 3.48. The summed E-state index contributed by atoms with van der Waals surface area (Å²) in [6, 6.07) is 2.87. The van der Waals surface area contributed by atoms with Gasteiger partial charge in [-0.15, -0.1) is 0 Å². The summed E-state index contributed by atoms with van der Waals surface area (Å²) in [6.07, 6.45) is 7.85. The summed E-state index contributed by atoms with van der Waals surface area (Å²) in [4.78, 5) is 2.16. The molecule has 3 rings (SSSR count). The zero-order valence-corrected chi connectivity index (χ0v) is 12.5. The van der Waals surface area contributed by atoms with Gasteiger partial charge in [0.15, 0.2) is 5.82 Å². The minimum atomic E-state index is 0.268. The van der Waals surface area contributed by atoms with Gasteiger partial charge < -0.3 is 16.4 Å².